The summed E-state index contributed by atoms with van der Waals surface area (Å²) in [6, 6.07) is -0.129. The molecule has 0 aromatic carbocycles. The molecule has 0 unspecified atom stereocenters. The first kappa shape index (κ1) is 16.2. The highest BCUT2D eigenvalue weighted by Crippen LogP contribution is 2.36. The molecular formula is C13H13F3N4OS2. The number of aromatic nitrogens is 2. The molecule has 23 heavy (non-hydrogen) atoms. The first-order valence-corrected chi connectivity index (χ1v) is 8.59. The molecule has 1 aliphatic heterocycles. The molecule has 0 radical (unpaired) electrons. The molecule has 1 saturated heterocycles. The summed E-state index contributed by atoms with van der Waals surface area (Å²) in [6.45, 7) is 3.19. The van der Waals surface area contributed by atoms with Crippen LogP contribution in [0.5, 0.6) is 0 Å². The third kappa shape index (κ3) is 3.32. The van der Waals surface area contributed by atoms with Crippen LogP contribution in [0.15, 0.2) is 17.1 Å². The average Bonchev–Trinajstić information content (AvgIpc) is 3.17. The maximum Gasteiger partial charge on any atom is 0.427 e. The summed E-state index contributed by atoms with van der Waals surface area (Å²) < 4.78 is 38.0. The molecule has 3 rings (SSSR count). The van der Waals surface area contributed by atoms with Crippen molar-refractivity contribution in [2.45, 2.75) is 19.1 Å². The molecule has 5 nitrogen and oxygen atoms in total. The minimum atomic E-state index is -4.37. The number of alkyl halides is 3. The molecule has 1 atom stereocenters. The summed E-state index contributed by atoms with van der Waals surface area (Å²) in [5.74, 6) is -0.145. The highest BCUT2D eigenvalue weighted by Gasteiger charge is 2.35. The zero-order valence-corrected chi connectivity index (χ0v) is 13.7. The fraction of sp³-hybridized carbons (Fsp3) is 0.462. The summed E-state index contributed by atoms with van der Waals surface area (Å²) in [5.41, 5.74) is 2.01. The van der Waals surface area contributed by atoms with Crippen LogP contribution in [0.4, 0.5) is 18.3 Å². The Kier molecular flexibility index (Phi) is 4.28. The summed E-state index contributed by atoms with van der Waals surface area (Å²) in [4.78, 5) is 23.0. The van der Waals surface area contributed by atoms with Crippen LogP contribution in [0.25, 0.3) is 0 Å². The molecule has 2 aromatic heterocycles. The number of halogens is 3. The summed E-state index contributed by atoms with van der Waals surface area (Å²) in [5, 5.41) is 2.03. The van der Waals surface area contributed by atoms with Gasteiger partial charge >= 0.3 is 6.18 Å². The smallest absolute Gasteiger partial charge is 0.344 e. The maximum atomic E-state index is 12.7. The van der Waals surface area contributed by atoms with Gasteiger partial charge in [-0.15, -0.1) is 11.3 Å². The van der Waals surface area contributed by atoms with Gasteiger partial charge in [0.05, 0.1) is 11.7 Å². The van der Waals surface area contributed by atoms with E-state index in [9.17, 15) is 18.0 Å². The molecule has 0 aliphatic carbocycles. The van der Waals surface area contributed by atoms with Crippen molar-refractivity contribution in [3.63, 3.8) is 0 Å². The summed E-state index contributed by atoms with van der Waals surface area (Å²) in [6.07, 6.45) is -3.51. The number of thiazole rings is 2. The van der Waals surface area contributed by atoms with E-state index in [1.807, 2.05) is 6.92 Å². The van der Waals surface area contributed by atoms with Gasteiger partial charge in [-0.2, -0.15) is 13.2 Å². The zero-order chi connectivity index (χ0) is 16.6. The number of rotatable bonds is 2. The third-order valence-electron chi connectivity index (χ3n) is 3.58. The zero-order valence-electron chi connectivity index (χ0n) is 12.1. The Morgan fingerprint density at radius 3 is 2.70 bits per heavy atom. The SMILES string of the molecule is C[C@H]1CN(c2ncc(C(F)(F)F)s2)CCN1C(=O)c1cscn1. The van der Waals surface area contributed by atoms with Crippen LogP contribution in [-0.4, -0.2) is 46.5 Å². The molecule has 0 N–H and O–H groups in total. The molecule has 2 aromatic rings. The fourth-order valence-corrected chi connectivity index (χ4v) is 3.78. The monoisotopic (exact) mass is 362 g/mol. The molecule has 0 spiro atoms. The van der Waals surface area contributed by atoms with Crippen molar-refractivity contribution in [3.8, 4) is 0 Å². The lowest BCUT2D eigenvalue weighted by molar-refractivity contribution is -0.134. The van der Waals surface area contributed by atoms with Gasteiger partial charge in [-0.25, -0.2) is 9.97 Å². The molecule has 0 saturated carbocycles. The van der Waals surface area contributed by atoms with Crippen LogP contribution in [0.1, 0.15) is 22.3 Å². The van der Waals surface area contributed by atoms with Crippen molar-refractivity contribution in [1.29, 1.82) is 0 Å². The number of amides is 1. The largest absolute Gasteiger partial charge is 0.427 e. The van der Waals surface area contributed by atoms with Gasteiger partial charge in [0.1, 0.15) is 10.6 Å². The van der Waals surface area contributed by atoms with Crippen LogP contribution in [-0.2, 0) is 6.18 Å². The third-order valence-corrected chi connectivity index (χ3v) is 5.27. The maximum absolute atomic E-state index is 12.7. The van der Waals surface area contributed by atoms with Crippen molar-refractivity contribution in [2.24, 2.45) is 0 Å². The van der Waals surface area contributed by atoms with E-state index < -0.39 is 11.1 Å². The van der Waals surface area contributed by atoms with Crippen molar-refractivity contribution < 1.29 is 18.0 Å². The summed E-state index contributed by atoms with van der Waals surface area (Å²) >= 11 is 1.98. The van der Waals surface area contributed by atoms with Crippen molar-refractivity contribution in [1.82, 2.24) is 14.9 Å². The van der Waals surface area contributed by atoms with E-state index in [2.05, 4.69) is 9.97 Å². The average molecular weight is 362 g/mol. The minimum Gasteiger partial charge on any atom is -0.344 e. The fourth-order valence-electron chi connectivity index (χ4n) is 2.44. The Hall–Kier alpha value is -1.68. The molecule has 3 heterocycles. The molecule has 1 fully saturated rings. The topological polar surface area (TPSA) is 49.3 Å². The lowest BCUT2D eigenvalue weighted by Gasteiger charge is -2.39. The first-order chi connectivity index (χ1) is 10.9. The van der Waals surface area contributed by atoms with Crippen LogP contribution < -0.4 is 4.90 Å². The van der Waals surface area contributed by atoms with Crippen LogP contribution in [0.2, 0.25) is 0 Å². The van der Waals surface area contributed by atoms with E-state index in [0.29, 0.717) is 41.8 Å². The standard InChI is InChI=1S/C13H13F3N4OS2/c1-8-5-19(12-17-4-10(23-12)13(14,15)16)2-3-20(8)11(21)9-6-22-7-18-9/h4,6-8H,2-3,5H2,1H3/t8-/m0/s1. The predicted molar refractivity (Wildman–Crippen MR) is 81.9 cm³/mol. The van der Waals surface area contributed by atoms with E-state index in [4.69, 9.17) is 0 Å². The van der Waals surface area contributed by atoms with Gasteiger partial charge in [-0.05, 0) is 6.92 Å². The molecular weight excluding hydrogens is 349 g/mol. The number of piperazine rings is 1. The van der Waals surface area contributed by atoms with Gasteiger partial charge in [0.15, 0.2) is 5.13 Å². The van der Waals surface area contributed by atoms with Gasteiger partial charge in [0.25, 0.3) is 5.91 Å². The van der Waals surface area contributed by atoms with Crippen LogP contribution in [0, 0.1) is 0 Å². The molecule has 1 aliphatic rings. The van der Waals surface area contributed by atoms with Gasteiger partial charge in [-0.3, -0.25) is 4.79 Å². The van der Waals surface area contributed by atoms with Crippen molar-refractivity contribution >= 4 is 33.7 Å². The Bertz CT molecular complexity index is 686. The van der Waals surface area contributed by atoms with Gasteiger partial charge in [0.2, 0.25) is 0 Å². The lowest BCUT2D eigenvalue weighted by Crippen LogP contribution is -2.54. The minimum absolute atomic E-state index is 0.129. The highest BCUT2D eigenvalue weighted by atomic mass is 32.1. The first-order valence-electron chi connectivity index (χ1n) is 6.83. The Balaban J connectivity index is 1.69. The lowest BCUT2D eigenvalue weighted by atomic mass is 10.2. The highest BCUT2D eigenvalue weighted by molar-refractivity contribution is 7.15. The van der Waals surface area contributed by atoms with E-state index in [1.165, 1.54) is 11.3 Å². The number of anilines is 1. The van der Waals surface area contributed by atoms with Crippen molar-refractivity contribution in [3.05, 3.63) is 27.7 Å². The number of carbonyl (C=O) groups excluding carboxylic acids is 1. The quantitative estimate of drug-likeness (QED) is 0.824. The molecule has 10 heteroatoms. The Morgan fingerprint density at radius 2 is 2.13 bits per heavy atom. The number of hydrogen-bond donors (Lipinski definition) is 0. The molecule has 124 valence electrons. The summed E-state index contributed by atoms with van der Waals surface area (Å²) in [7, 11) is 0. The van der Waals surface area contributed by atoms with Gasteiger partial charge < -0.3 is 9.80 Å². The van der Waals surface area contributed by atoms with Crippen LogP contribution >= 0.6 is 22.7 Å². The molecule has 0 bridgehead atoms. The van der Waals surface area contributed by atoms with E-state index in [1.54, 1.807) is 20.7 Å². The predicted octanol–water partition coefficient (Wildman–Crippen LogP) is 2.97. The Morgan fingerprint density at radius 1 is 1.35 bits per heavy atom. The van der Waals surface area contributed by atoms with E-state index in [0.717, 1.165) is 6.20 Å². The van der Waals surface area contributed by atoms with Gasteiger partial charge in [0, 0.05) is 31.1 Å². The number of hydrogen-bond acceptors (Lipinski definition) is 6. The van der Waals surface area contributed by atoms with Crippen LogP contribution in [0.3, 0.4) is 0 Å². The number of nitrogens with zero attached hydrogens (tertiary/aromatic N) is 4. The molecule has 1 amide bonds. The van der Waals surface area contributed by atoms with Gasteiger partial charge in [-0.1, -0.05) is 11.3 Å². The van der Waals surface area contributed by atoms with E-state index >= 15 is 0 Å². The second-order valence-electron chi connectivity index (χ2n) is 5.17. The normalized spacial score (nSPS) is 19.2. The van der Waals surface area contributed by atoms with E-state index in [-0.39, 0.29) is 11.9 Å². The Labute approximate surface area is 138 Å². The van der Waals surface area contributed by atoms with Crippen molar-refractivity contribution in [2.75, 3.05) is 24.5 Å². The second-order valence-corrected chi connectivity index (χ2v) is 6.90. The number of carbonyl (C=O) groups is 1. The second kappa shape index (κ2) is 6.08.